The smallest absolute Gasteiger partial charge is 0.186 e. The lowest BCUT2D eigenvalue weighted by Crippen LogP contribution is -2.06. The number of rotatable bonds is 5. The van der Waals surface area contributed by atoms with Gasteiger partial charge >= 0.3 is 0 Å². The average Bonchev–Trinajstić information content (AvgIpc) is 2.84. The van der Waals surface area contributed by atoms with Crippen LogP contribution in [-0.4, -0.2) is 26.3 Å². The van der Waals surface area contributed by atoms with Gasteiger partial charge < -0.3 is 5.32 Å². The van der Waals surface area contributed by atoms with E-state index in [9.17, 15) is 4.39 Å². The fourth-order valence-electron chi connectivity index (χ4n) is 1.80. The number of nitrogens with one attached hydrogen (secondary N) is 1. The molecule has 2 heterocycles. The van der Waals surface area contributed by atoms with E-state index in [1.165, 1.54) is 0 Å². The summed E-state index contributed by atoms with van der Waals surface area (Å²) in [7, 11) is 0. The van der Waals surface area contributed by atoms with E-state index in [0.717, 1.165) is 18.5 Å². The van der Waals surface area contributed by atoms with Crippen LogP contribution in [0.4, 0.5) is 10.2 Å². The first-order valence-electron chi connectivity index (χ1n) is 6.46. The molecule has 0 aliphatic heterocycles. The standard InChI is InChI=1S/C13H18FN5/c1-4-6-19-8-10(7-16-19)12-17-9(3)11(14)13(18-12)15-5-2/h7-8H,4-6H2,1-3H3,(H,15,17,18). The number of aryl methyl sites for hydroxylation is 2. The Morgan fingerprint density at radius 1 is 1.32 bits per heavy atom. The summed E-state index contributed by atoms with van der Waals surface area (Å²) < 4.78 is 15.6. The molecule has 0 radical (unpaired) electrons. The van der Waals surface area contributed by atoms with Gasteiger partial charge in [-0.15, -0.1) is 0 Å². The molecule has 19 heavy (non-hydrogen) atoms. The van der Waals surface area contributed by atoms with Gasteiger partial charge in [0.05, 0.1) is 17.5 Å². The maximum Gasteiger partial charge on any atom is 0.186 e. The van der Waals surface area contributed by atoms with Gasteiger partial charge in [0.2, 0.25) is 0 Å². The molecule has 0 saturated carbocycles. The number of anilines is 1. The molecule has 5 nitrogen and oxygen atoms in total. The third-order valence-corrected chi connectivity index (χ3v) is 2.71. The first kappa shape index (κ1) is 13.5. The summed E-state index contributed by atoms with van der Waals surface area (Å²) in [4.78, 5) is 8.40. The van der Waals surface area contributed by atoms with Crippen molar-refractivity contribution in [1.29, 1.82) is 0 Å². The molecule has 0 aliphatic rings. The molecule has 0 unspecified atom stereocenters. The van der Waals surface area contributed by atoms with E-state index >= 15 is 0 Å². The first-order chi connectivity index (χ1) is 9.15. The summed E-state index contributed by atoms with van der Waals surface area (Å²) >= 11 is 0. The van der Waals surface area contributed by atoms with E-state index < -0.39 is 5.82 Å². The minimum absolute atomic E-state index is 0.244. The summed E-state index contributed by atoms with van der Waals surface area (Å²) in [5.41, 5.74) is 1.14. The van der Waals surface area contributed by atoms with Crippen molar-refractivity contribution in [2.24, 2.45) is 0 Å². The zero-order valence-corrected chi connectivity index (χ0v) is 11.4. The van der Waals surface area contributed by atoms with Crippen molar-refractivity contribution in [1.82, 2.24) is 19.7 Å². The van der Waals surface area contributed by atoms with E-state index in [4.69, 9.17) is 0 Å². The zero-order valence-electron chi connectivity index (χ0n) is 11.4. The van der Waals surface area contributed by atoms with Crippen molar-refractivity contribution in [2.75, 3.05) is 11.9 Å². The van der Waals surface area contributed by atoms with Crippen LogP contribution < -0.4 is 5.32 Å². The van der Waals surface area contributed by atoms with E-state index in [-0.39, 0.29) is 5.82 Å². The molecular weight excluding hydrogens is 245 g/mol. The van der Waals surface area contributed by atoms with Crippen molar-refractivity contribution in [3.05, 3.63) is 23.9 Å². The summed E-state index contributed by atoms with van der Waals surface area (Å²) in [6.45, 7) is 7.08. The highest BCUT2D eigenvalue weighted by Gasteiger charge is 2.13. The lowest BCUT2D eigenvalue weighted by molar-refractivity contribution is 0.602. The third-order valence-electron chi connectivity index (χ3n) is 2.71. The molecule has 2 rings (SSSR count). The fraction of sp³-hybridized carbons (Fsp3) is 0.462. The van der Waals surface area contributed by atoms with Gasteiger partial charge in [0.15, 0.2) is 17.5 Å². The van der Waals surface area contributed by atoms with Gasteiger partial charge in [0, 0.05) is 19.3 Å². The van der Waals surface area contributed by atoms with Gasteiger partial charge in [-0.3, -0.25) is 4.68 Å². The number of halogens is 1. The highest BCUT2D eigenvalue weighted by molar-refractivity contribution is 5.56. The Balaban J connectivity index is 2.37. The predicted molar refractivity (Wildman–Crippen MR) is 72.4 cm³/mol. The van der Waals surface area contributed by atoms with Crippen LogP contribution in [0.25, 0.3) is 11.4 Å². The van der Waals surface area contributed by atoms with Crippen molar-refractivity contribution in [3.63, 3.8) is 0 Å². The molecule has 0 aliphatic carbocycles. The summed E-state index contributed by atoms with van der Waals surface area (Å²) in [6.07, 6.45) is 4.59. The van der Waals surface area contributed by atoms with Crippen molar-refractivity contribution < 1.29 is 4.39 Å². The second kappa shape index (κ2) is 5.77. The van der Waals surface area contributed by atoms with E-state index in [1.54, 1.807) is 13.1 Å². The topological polar surface area (TPSA) is 55.6 Å². The second-order valence-corrected chi connectivity index (χ2v) is 4.32. The maximum absolute atomic E-state index is 13.8. The van der Waals surface area contributed by atoms with E-state index in [2.05, 4.69) is 27.3 Å². The van der Waals surface area contributed by atoms with Crippen LogP contribution in [0.15, 0.2) is 12.4 Å². The molecule has 0 saturated heterocycles. The SMILES string of the molecule is CCCn1cc(-c2nc(C)c(F)c(NCC)n2)cn1. The van der Waals surface area contributed by atoms with Crippen LogP contribution in [0.2, 0.25) is 0 Å². The largest absolute Gasteiger partial charge is 0.368 e. The number of hydrogen-bond donors (Lipinski definition) is 1. The first-order valence-corrected chi connectivity index (χ1v) is 6.46. The molecule has 6 heteroatoms. The van der Waals surface area contributed by atoms with Gasteiger partial charge in [-0.1, -0.05) is 6.92 Å². The minimum Gasteiger partial charge on any atom is -0.368 e. The molecule has 0 amide bonds. The number of aromatic nitrogens is 4. The second-order valence-electron chi connectivity index (χ2n) is 4.32. The molecule has 2 aromatic heterocycles. The highest BCUT2D eigenvalue weighted by Crippen LogP contribution is 2.20. The lowest BCUT2D eigenvalue weighted by atomic mass is 10.3. The maximum atomic E-state index is 13.8. The molecule has 0 spiro atoms. The molecule has 0 bridgehead atoms. The van der Waals surface area contributed by atoms with Crippen LogP contribution in [0.3, 0.4) is 0 Å². The van der Waals surface area contributed by atoms with E-state index in [0.29, 0.717) is 18.1 Å². The van der Waals surface area contributed by atoms with Crippen molar-refractivity contribution in [3.8, 4) is 11.4 Å². The Bertz CT molecular complexity index is 564. The molecular formula is C13H18FN5. The highest BCUT2D eigenvalue weighted by atomic mass is 19.1. The lowest BCUT2D eigenvalue weighted by Gasteiger charge is -2.07. The average molecular weight is 263 g/mol. The summed E-state index contributed by atoms with van der Waals surface area (Å²) in [5, 5.41) is 7.14. The minimum atomic E-state index is -0.397. The Morgan fingerprint density at radius 2 is 2.11 bits per heavy atom. The Labute approximate surface area is 111 Å². The monoisotopic (exact) mass is 263 g/mol. The van der Waals surface area contributed by atoms with Gasteiger partial charge in [-0.25, -0.2) is 14.4 Å². The summed E-state index contributed by atoms with van der Waals surface area (Å²) in [5.74, 6) is 0.344. The molecule has 1 N–H and O–H groups in total. The number of nitrogens with zero attached hydrogens (tertiary/aromatic N) is 4. The normalized spacial score (nSPS) is 10.7. The molecule has 102 valence electrons. The summed E-state index contributed by atoms with van der Waals surface area (Å²) in [6, 6.07) is 0. The van der Waals surface area contributed by atoms with E-state index in [1.807, 2.05) is 17.8 Å². The molecule has 0 fully saturated rings. The van der Waals surface area contributed by atoms with Gasteiger partial charge in [-0.2, -0.15) is 5.10 Å². The van der Waals surface area contributed by atoms with Crippen LogP contribution in [0, 0.1) is 12.7 Å². The Kier molecular flexibility index (Phi) is 4.09. The van der Waals surface area contributed by atoms with Gasteiger partial charge in [0.1, 0.15) is 0 Å². The quantitative estimate of drug-likeness (QED) is 0.901. The number of hydrogen-bond acceptors (Lipinski definition) is 4. The third kappa shape index (κ3) is 2.89. The van der Waals surface area contributed by atoms with Crippen LogP contribution in [0.1, 0.15) is 26.0 Å². The van der Waals surface area contributed by atoms with Crippen LogP contribution in [-0.2, 0) is 6.54 Å². The van der Waals surface area contributed by atoms with Crippen LogP contribution in [0.5, 0.6) is 0 Å². The Hall–Kier alpha value is -1.98. The fourth-order valence-corrected chi connectivity index (χ4v) is 1.80. The Morgan fingerprint density at radius 3 is 2.79 bits per heavy atom. The molecule has 0 atom stereocenters. The predicted octanol–water partition coefficient (Wildman–Crippen LogP) is 2.63. The van der Waals surface area contributed by atoms with Crippen molar-refractivity contribution >= 4 is 5.82 Å². The van der Waals surface area contributed by atoms with Crippen molar-refractivity contribution in [2.45, 2.75) is 33.7 Å². The zero-order chi connectivity index (χ0) is 13.8. The molecule has 2 aromatic rings. The van der Waals surface area contributed by atoms with Gasteiger partial charge in [-0.05, 0) is 20.3 Å². The molecule has 0 aromatic carbocycles. The van der Waals surface area contributed by atoms with Gasteiger partial charge in [0.25, 0.3) is 0 Å². The van der Waals surface area contributed by atoms with Crippen LogP contribution >= 0.6 is 0 Å².